The van der Waals surface area contributed by atoms with Crippen LogP contribution in [0.25, 0.3) is 0 Å². The van der Waals surface area contributed by atoms with Crippen LogP contribution < -0.4 is 5.32 Å². The molecular weight excluding hydrogens is 166 g/mol. The predicted molar refractivity (Wildman–Crippen MR) is 53.3 cm³/mol. The van der Waals surface area contributed by atoms with Gasteiger partial charge in [0.15, 0.2) is 0 Å². The molecule has 0 spiro atoms. The number of hydrogen-bond donors (Lipinski definition) is 2. The van der Waals surface area contributed by atoms with Crippen molar-refractivity contribution in [1.29, 1.82) is 0 Å². The zero-order valence-corrected chi connectivity index (χ0v) is 9.22. The first-order chi connectivity index (χ1) is 5.78. The van der Waals surface area contributed by atoms with Crippen molar-refractivity contribution in [1.82, 2.24) is 5.32 Å². The summed E-state index contributed by atoms with van der Waals surface area (Å²) in [6, 6.07) is 0. The fourth-order valence-corrected chi connectivity index (χ4v) is 1.06. The minimum Gasteiger partial charge on any atom is -0.396 e. The fraction of sp³-hybridized carbons (Fsp3) is 0.900. The van der Waals surface area contributed by atoms with Gasteiger partial charge in [-0.2, -0.15) is 0 Å². The third-order valence-electron chi connectivity index (χ3n) is 1.84. The molecule has 0 rings (SSSR count). The van der Waals surface area contributed by atoms with E-state index < -0.39 is 0 Å². The van der Waals surface area contributed by atoms with Crippen LogP contribution in [0.15, 0.2) is 0 Å². The molecule has 3 heteroatoms. The van der Waals surface area contributed by atoms with E-state index in [0.717, 1.165) is 0 Å². The first kappa shape index (κ1) is 12.4. The van der Waals surface area contributed by atoms with Gasteiger partial charge in [0.1, 0.15) is 0 Å². The molecule has 0 aromatic carbocycles. The number of hydrogen-bond acceptors (Lipinski definition) is 2. The van der Waals surface area contributed by atoms with Crippen molar-refractivity contribution < 1.29 is 9.90 Å². The third-order valence-corrected chi connectivity index (χ3v) is 1.84. The van der Waals surface area contributed by atoms with Gasteiger partial charge in [-0.25, -0.2) is 0 Å². The number of rotatable bonds is 3. The van der Waals surface area contributed by atoms with Gasteiger partial charge in [0.25, 0.3) is 0 Å². The Bertz CT molecular complexity index is 170. The molecule has 0 aromatic heterocycles. The lowest BCUT2D eigenvalue weighted by Gasteiger charge is -2.25. The Morgan fingerprint density at radius 3 is 2.08 bits per heavy atom. The molecule has 1 unspecified atom stereocenters. The van der Waals surface area contributed by atoms with Crippen molar-refractivity contribution in [3.8, 4) is 0 Å². The highest BCUT2D eigenvalue weighted by atomic mass is 16.3. The van der Waals surface area contributed by atoms with Crippen LogP contribution in [0.2, 0.25) is 0 Å². The summed E-state index contributed by atoms with van der Waals surface area (Å²) in [6.07, 6.45) is 0. The summed E-state index contributed by atoms with van der Waals surface area (Å²) in [5, 5.41) is 11.9. The lowest BCUT2D eigenvalue weighted by molar-refractivity contribution is -0.129. The van der Waals surface area contributed by atoms with Crippen LogP contribution in [0.1, 0.15) is 34.6 Å². The molecule has 0 aliphatic rings. The molecule has 0 bridgehead atoms. The Balaban J connectivity index is 4.23. The van der Waals surface area contributed by atoms with Crippen molar-refractivity contribution in [2.24, 2.45) is 11.8 Å². The van der Waals surface area contributed by atoms with Gasteiger partial charge in [-0.1, -0.05) is 13.8 Å². The molecule has 1 amide bonds. The predicted octanol–water partition coefficient (Wildman–Crippen LogP) is 1.17. The average Bonchev–Trinajstić information content (AvgIpc) is 1.82. The van der Waals surface area contributed by atoms with Crippen LogP contribution in [0.5, 0.6) is 0 Å². The molecule has 0 aromatic rings. The lowest BCUT2D eigenvalue weighted by Crippen LogP contribution is -2.46. The van der Waals surface area contributed by atoms with Gasteiger partial charge in [0.05, 0.1) is 12.5 Å². The highest BCUT2D eigenvalue weighted by Crippen LogP contribution is 2.11. The van der Waals surface area contributed by atoms with Gasteiger partial charge in [-0.15, -0.1) is 0 Å². The topological polar surface area (TPSA) is 49.3 Å². The van der Waals surface area contributed by atoms with E-state index in [4.69, 9.17) is 5.11 Å². The van der Waals surface area contributed by atoms with Crippen molar-refractivity contribution in [2.75, 3.05) is 6.61 Å². The Labute approximate surface area is 80.5 Å². The summed E-state index contributed by atoms with van der Waals surface area (Å²) in [7, 11) is 0. The number of carbonyl (C=O) groups excluding carboxylic acids is 1. The maximum Gasteiger partial charge on any atom is 0.226 e. The second-order valence-electron chi connectivity index (χ2n) is 4.77. The Morgan fingerprint density at radius 2 is 1.85 bits per heavy atom. The highest BCUT2D eigenvalue weighted by Gasteiger charge is 2.24. The van der Waals surface area contributed by atoms with Crippen LogP contribution in [-0.4, -0.2) is 23.2 Å². The van der Waals surface area contributed by atoms with Gasteiger partial charge in [0.2, 0.25) is 5.91 Å². The van der Waals surface area contributed by atoms with E-state index in [0.29, 0.717) is 0 Å². The van der Waals surface area contributed by atoms with E-state index in [-0.39, 0.29) is 29.9 Å². The van der Waals surface area contributed by atoms with Gasteiger partial charge >= 0.3 is 0 Å². The molecule has 0 saturated carbocycles. The van der Waals surface area contributed by atoms with Crippen LogP contribution >= 0.6 is 0 Å². The summed E-state index contributed by atoms with van der Waals surface area (Å²) >= 11 is 0. The number of amides is 1. The SMILES string of the molecule is CC(C)C(CO)C(=O)NC(C)(C)C. The molecule has 3 nitrogen and oxygen atoms in total. The summed E-state index contributed by atoms with van der Waals surface area (Å²) in [6.45, 7) is 9.57. The second kappa shape index (κ2) is 4.61. The molecular formula is C10H21NO2. The zero-order valence-electron chi connectivity index (χ0n) is 9.22. The summed E-state index contributed by atoms with van der Waals surface area (Å²) in [5.74, 6) is -0.184. The summed E-state index contributed by atoms with van der Waals surface area (Å²) in [4.78, 5) is 11.6. The molecule has 78 valence electrons. The van der Waals surface area contributed by atoms with Crippen molar-refractivity contribution in [2.45, 2.75) is 40.2 Å². The molecule has 0 aliphatic carbocycles. The van der Waals surface area contributed by atoms with Crippen LogP contribution in [-0.2, 0) is 4.79 Å². The van der Waals surface area contributed by atoms with Crippen molar-refractivity contribution >= 4 is 5.91 Å². The van der Waals surface area contributed by atoms with E-state index in [1.165, 1.54) is 0 Å². The third kappa shape index (κ3) is 4.88. The second-order valence-corrected chi connectivity index (χ2v) is 4.77. The Hall–Kier alpha value is -0.570. The first-order valence-corrected chi connectivity index (χ1v) is 4.71. The lowest BCUT2D eigenvalue weighted by atomic mass is 9.94. The maximum atomic E-state index is 11.6. The van der Waals surface area contributed by atoms with Gasteiger partial charge in [0, 0.05) is 5.54 Å². The van der Waals surface area contributed by atoms with E-state index in [1.54, 1.807) is 0 Å². The zero-order chi connectivity index (χ0) is 10.6. The molecule has 13 heavy (non-hydrogen) atoms. The Morgan fingerprint density at radius 1 is 1.38 bits per heavy atom. The van der Waals surface area contributed by atoms with Crippen molar-refractivity contribution in [3.63, 3.8) is 0 Å². The van der Waals surface area contributed by atoms with Gasteiger partial charge < -0.3 is 10.4 Å². The maximum absolute atomic E-state index is 11.6. The molecule has 0 aliphatic heterocycles. The van der Waals surface area contributed by atoms with Gasteiger partial charge in [-0.3, -0.25) is 4.79 Å². The van der Waals surface area contributed by atoms with E-state index in [1.807, 2.05) is 34.6 Å². The smallest absolute Gasteiger partial charge is 0.226 e. The molecule has 0 heterocycles. The van der Waals surface area contributed by atoms with Gasteiger partial charge in [-0.05, 0) is 26.7 Å². The molecule has 0 fully saturated rings. The summed E-state index contributed by atoms with van der Waals surface area (Å²) < 4.78 is 0. The molecule has 1 atom stereocenters. The monoisotopic (exact) mass is 187 g/mol. The number of carbonyl (C=O) groups is 1. The number of aliphatic hydroxyl groups is 1. The fourth-order valence-electron chi connectivity index (χ4n) is 1.06. The quantitative estimate of drug-likeness (QED) is 0.696. The molecule has 0 saturated heterocycles. The van der Waals surface area contributed by atoms with Crippen LogP contribution in [0.3, 0.4) is 0 Å². The summed E-state index contributed by atoms with van der Waals surface area (Å²) in [5.41, 5.74) is -0.223. The van der Waals surface area contributed by atoms with E-state index in [9.17, 15) is 4.79 Å². The van der Waals surface area contributed by atoms with Crippen molar-refractivity contribution in [3.05, 3.63) is 0 Å². The first-order valence-electron chi connectivity index (χ1n) is 4.71. The number of aliphatic hydroxyl groups excluding tert-OH is 1. The minimum absolute atomic E-state index is 0.0648. The Kier molecular flexibility index (Phi) is 4.40. The normalized spacial score (nSPS) is 14.4. The average molecular weight is 187 g/mol. The highest BCUT2D eigenvalue weighted by molar-refractivity contribution is 5.79. The molecule has 0 radical (unpaired) electrons. The minimum atomic E-state index is -0.292. The van der Waals surface area contributed by atoms with E-state index >= 15 is 0 Å². The largest absolute Gasteiger partial charge is 0.396 e. The number of nitrogens with one attached hydrogen (secondary N) is 1. The van der Waals surface area contributed by atoms with E-state index in [2.05, 4.69) is 5.32 Å². The van der Waals surface area contributed by atoms with Crippen LogP contribution in [0.4, 0.5) is 0 Å². The van der Waals surface area contributed by atoms with Crippen LogP contribution in [0, 0.1) is 11.8 Å². The standard InChI is InChI=1S/C10H21NO2/c1-7(2)8(6-12)9(13)11-10(3,4)5/h7-8,12H,6H2,1-5H3,(H,11,13). The molecule has 2 N–H and O–H groups in total.